The number of ether oxygens (including phenoxy) is 1. The molecule has 0 bridgehead atoms. The van der Waals surface area contributed by atoms with Crippen molar-refractivity contribution in [1.82, 2.24) is 0 Å². The van der Waals surface area contributed by atoms with Crippen LogP contribution < -0.4 is 0 Å². The van der Waals surface area contributed by atoms with Gasteiger partial charge in [-0.15, -0.1) is 0 Å². The van der Waals surface area contributed by atoms with E-state index in [-0.39, 0.29) is 18.0 Å². The van der Waals surface area contributed by atoms with E-state index >= 15 is 0 Å². The van der Waals surface area contributed by atoms with E-state index in [1.807, 2.05) is 32.0 Å². The van der Waals surface area contributed by atoms with E-state index in [1.165, 1.54) is 5.56 Å². The van der Waals surface area contributed by atoms with Crippen LogP contribution >= 0.6 is 0 Å². The smallest absolute Gasteiger partial charge is 0.306 e. The molecule has 1 aromatic rings. The summed E-state index contributed by atoms with van der Waals surface area (Å²) < 4.78 is 5.21. The molecule has 0 amide bonds. The van der Waals surface area contributed by atoms with Gasteiger partial charge in [-0.2, -0.15) is 0 Å². The van der Waals surface area contributed by atoms with Crippen LogP contribution in [0.5, 0.6) is 0 Å². The van der Waals surface area contributed by atoms with E-state index in [4.69, 9.17) is 4.74 Å². The van der Waals surface area contributed by atoms with Gasteiger partial charge in [0.15, 0.2) is 0 Å². The van der Waals surface area contributed by atoms with Gasteiger partial charge in [0, 0.05) is 0 Å². The lowest BCUT2D eigenvalue weighted by atomic mass is 9.91. The van der Waals surface area contributed by atoms with Gasteiger partial charge in [0.2, 0.25) is 0 Å². The molecule has 0 fully saturated rings. The maximum absolute atomic E-state index is 11.7. The summed E-state index contributed by atoms with van der Waals surface area (Å²) >= 11 is 0. The first-order valence-corrected chi connectivity index (χ1v) is 6.38. The summed E-state index contributed by atoms with van der Waals surface area (Å²) in [6.07, 6.45) is 2.56. The number of carbonyl (C=O) groups is 1. The van der Waals surface area contributed by atoms with Gasteiger partial charge in [-0.1, -0.05) is 43.7 Å². The molecule has 2 heteroatoms. The Balaban J connectivity index is 2.64. The molecule has 0 saturated carbocycles. The Hall–Kier alpha value is -1.31. The second kappa shape index (κ2) is 7.10. The molecule has 1 aromatic carbocycles. The molecule has 0 unspecified atom stereocenters. The van der Waals surface area contributed by atoms with Crippen molar-refractivity contribution in [3.05, 3.63) is 35.9 Å². The predicted molar refractivity (Wildman–Crippen MR) is 69.9 cm³/mol. The molecule has 1 rings (SSSR count). The zero-order valence-corrected chi connectivity index (χ0v) is 11.0. The van der Waals surface area contributed by atoms with E-state index in [0.717, 1.165) is 12.8 Å². The Morgan fingerprint density at radius 1 is 1.24 bits per heavy atom. The van der Waals surface area contributed by atoms with Gasteiger partial charge in [0.1, 0.15) is 0 Å². The van der Waals surface area contributed by atoms with E-state index in [1.54, 1.807) is 0 Å². The van der Waals surface area contributed by atoms with E-state index in [9.17, 15) is 4.79 Å². The Bertz CT molecular complexity index is 330. The average Bonchev–Trinajstić information content (AvgIpc) is 2.28. The number of benzene rings is 1. The number of rotatable bonds is 6. The lowest BCUT2D eigenvalue weighted by Crippen LogP contribution is -2.14. The van der Waals surface area contributed by atoms with Crippen molar-refractivity contribution in [1.29, 1.82) is 0 Å². The van der Waals surface area contributed by atoms with Crippen LogP contribution in [0.2, 0.25) is 0 Å². The standard InChI is InChI=1S/C15H22O2/c1-4-8-14(11-15(16)17-12(2)3)13-9-6-5-7-10-13/h5-7,9-10,12,14H,4,8,11H2,1-3H3/t14-/m1/s1. The molecule has 2 nitrogen and oxygen atoms in total. The van der Waals surface area contributed by atoms with Crippen LogP contribution in [0.4, 0.5) is 0 Å². The maximum atomic E-state index is 11.7. The van der Waals surface area contributed by atoms with E-state index in [2.05, 4.69) is 19.1 Å². The Labute approximate surface area is 104 Å². The molecule has 17 heavy (non-hydrogen) atoms. The topological polar surface area (TPSA) is 26.3 Å². The van der Waals surface area contributed by atoms with Crippen LogP contribution in [0.25, 0.3) is 0 Å². The van der Waals surface area contributed by atoms with Crippen LogP contribution in [0.3, 0.4) is 0 Å². The number of hydrogen-bond acceptors (Lipinski definition) is 2. The predicted octanol–water partition coefficient (Wildman–Crippen LogP) is 3.91. The van der Waals surface area contributed by atoms with Crippen molar-refractivity contribution >= 4 is 5.97 Å². The average molecular weight is 234 g/mol. The maximum Gasteiger partial charge on any atom is 0.306 e. The first-order chi connectivity index (χ1) is 8.13. The SMILES string of the molecule is CCC[C@H](CC(=O)OC(C)C)c1ccccc1. The summed E-state index contributed by atoms with van der Waals surface area (Å²) in [4.78, 5) is 11.7. The minimum atomic E-state index is -0.0951. The van der Waals surface area contributed by atoms with Gasteiger partial charge in [0.05, 0.1) is 12.5 Å². The number of carbonyl (C=O) groups excluding carboxylic acids is 1. The van der Waals surface area contributed by atoms with Crippen molar-refractivity contribution in [2.45, 2.75) is 52.1 Å². The summed E-state index contributed by atoms with van der Waals surface area (Å²) in [5, 5.41) is 0. The monoisotopic (exact) mass is 234 g/mol. The van der Waals surface area contributed by atoms with E-state index in [0.29, 0.717) is 6.42 Å². The minimum Gasteiger partial charge on any atom is -0.463 e. The fourth-order valence-corrected chi connectivity index (χ4v) is 1.97. The molecule has 0 aliphatic heterocycles. The van der Waals surface area contributed by atoms with Crippen molar-refractivity contribution in [3.63, 3.8) is 0 Å². The van der Waals surface area contributed by atoms with Crippen molar-refractivity contribution in [2.75, 3.05) is 0 Å². The molecular weight excluding hydrogens is 212 g/mol. The van der Waals surface area contributed by atoms with Gasteiger partial charge >= 0.3 is 5.97 Å². The van der Waals surface area contributed by atoms with Crippen LogP contribution in [0.1, 0.15) is 51.5 Å². The minimum absolute atomic E-state index is 0.0273. The molecule has 0 N–H and O–H groups in total. The third-order valence-electron chi connectivity index (χ3n) is 2.69. The molecular formula is C15H22O2. The van der Waals surface area contributed by atoms with Gasteiger partial charge in [-0.3, -0.25) is 4.79 Å². The highest BCUT2D eigenvalue weighted by molar-refractivity contribution is 5.70. The third kappa shape index (κ3) is 5.03. The van der Waals surface area contributed by atoms with Crippen LogP contribution in [-0.4, -0.2) is 12.1 Å². The first-order valence-electron chi connectivity index (χ1n) is 6.38. The van der Waals surface area contributed by atoms with Gasteiger partial charge < -0.3 is 4.74 Å². The molecule has 0 radical (unpaired) electrons. The van der Waals surface area contributed by atoms with E-state index < -0.39 is 0 Å². The van der Waals surface area contributed by atoms with Crippen LogP contribution in [0.15, 0.2) is 30.3 Å². The molecule has 0 saturated heterocycles. The van der Waals surface area contributed by atoms with Gasteiger partial charge in [-0.25, -0.2) is 0 Å². The highest BCUT2D eigenvalue weighted by Crippen LogP contribution is 2.25. The lowest BCUT2D eigenvalue weighted by molar-refractivity contribution is -0.147. The molecule has 0 aromatic heterocycles. The Morgan fingerprint density at radius 2 is 1.88 bits per heavy atom. The summed E-state index contributed by atoms with van der Waals surface area (Å²) in [6, 6.07) is 10.2. The third-order valence-corrected chi connectivity index (χ3v) is 2.69. The van der Waals surface area contributed by atoms with Gasteiger partial charge in [-0.05, 0) is 31.7 Å². The van der Waals surface area contributed by atoms with Crippen molar-refractivity contribution in [2.24, 2.45) is 0 Å². The van der Waals surface area contributed by atoms with Gasteiger partial charge in [0.25, 0.3) is 0 Å². The number of hydrogen-bond donors (Lipinski definition) is 0. The Morgan fingerprint density at radius 3 is 2.41 bits per heavy atom. The molecule has 94 valence electrons. The molecule has 0 heterocycles. The van der Waals surface area contributed by atoms with Crippen LogP contribution in [0, 0.1) is 0 Å². The van der Waals surface area contributed by atoms with Crippen molar-refractivity contribution < 1.29 is 9.53 Å². The molecule has 0 aliphatic carbocycles. The number of esters is 1. The summed E-state index contributed by atoms with van der Waals surface area (Å²) in [5.41, 5.74) is 1.23. The van der Waals surface area contributed by atoms with Crippen molar-refractivity contribution in [3.8, 4) is 0 Å². The zero-order chi connectivity index (χ0) is 12.7. The van der Waals surface area contributed by atoms with Crippen LogP contribution in [-0.2, 0) is 9.53 Å². The Kier molecular flexibility index (Phi) is 5.75. The fraction of sp³-hybridized carbons (Fsp3) is 0.533. The fourth-order valence-electron chi connectivity index (χ4n) is 1.97. The molecule has 0 aliphatic rings. The molecule has 1 atom stereocenters. The first kappa shape index (κ1) is 13.8. The summed E-state index contributed by atoms with van der Waals surface area (Å²) in [5.74, 6) is 0.190. The normalized spacial score (nSPS) is 12.5. The highest BCUT2D eigenvalue weighted by atomic mass is 16.5. The largest absolute Gasteiger partial charge is 0.463 e. The summed E-state index contributed by atoms with van der Waals surface area (Å²) in [7, 11) is 0. The summed E-state index contributed by atoms with van der Waals surface area (Å²) in [6.45, 7) is 5.91. The highest BCUT2D eigenvalue weighted by Gasteiger charge is 2.16. The lowest BCUT2D eigenvalue weighted by Gasteiger charge is -2.16. The second-order valence-corrected chi connectivity index (χ2v) is 4.64. The second-order valence-electron chi connectivity index (χ2n) is 4.64. The molecule has 0 spiro atoms. The quantitative estimate of drug-likeness (QED) is 0.697. The zero-order valence-electron chi connectivity index (χ0n) is 11.0.